The Labute approximate surface area is 214 Å². The van der Waals surface area contributed by atoms with E-state index in [4.69, 9.17) is 16.6 Å². The molecule has 12 heteroatoms. The highest BCUT2D eigenvalue weighted by Gasteiger charge is 2.27. The average Bonchev–Trinajstić information content (AvgIpc) is 3.64. The maximum atomic E-state index is 13.3. The van der Waals surface area contributed by atoms with Gasteiger partial charge >= 0.3 is 0 Å². The summed E-state index contributed by atoms with van der Waals surface area (Å²) in [7, 11) is 0. The molecule has 1 fully saturated rings. The number of halogens is 1. The molecule has 0 saturated carbocycles. The third kappa shape index (κ3) is 3.86. The molecule has 0 bridgehead atoms. The lowest BCUT2D eigenvalue weighted by Crippen LogP contribution is -2.48. The largest absolute Gasteiger partial charge is 0.345 e. The molecule has 0 aliphatic carbocycles. The molecular formula is C24H21ClN8O2S. The van der Waals surface area contributed by atoms with E-state index in [1.54, 1.807) is 36.6 Å². The lowest BCUT2D eigenvalue weighted by atomic mass is 10.2. The Bertz CT molecular complexity index is 1640. The minimum atomic E-state index is -0.274. The number of carbonyl (C=O) groups excluding carboxylic acids is 1. The number of fused-ring (bicyclic) bond motifs is 1. The number of nitrogens with zero attached hydrogens (tertiary/aromatic N) is 7. The third-order valence-corrected chi connectivity index (χ3v) is 7.54. The van der Waals surface area contributed by atoms with E-state index >= 15 is 0 Å². The number of anilines is 1. The second-order valence-electron chi connectivity index (χ2n) is 8.45. The van der Waals surface area contributed by atoms with Gasteiger partial charge < -0.3 is 9.80 Å². The van der Waals surface area contributed by atoms with Crippen LogP contribution in [0.4, 0.5) is 5.13 Å². The number of nitrogens with one attached hydrogen (secondary N) is 1. The summed E-state index contributed by atoms with van der Waals surface area (Å²) in [4.78, 5) is 37.1. The summed E-state index contributed by atoms with van der Waals surface area (Å²) in [5.41, 5.74) is 3.03. The highest BCUT2D eigenvalue weighted by molar-refractivity contribution is 7.14. The first-order chi connectivity index (χ1) is 17.5. The summed E-state index contributed by atoms with van der Waals surface area (Å²) >= 11 is 7.90. The number of H-pyrrole nitrogens is 1. The molecule has 1 aliphatic rings. The zero-order valence-electron chi connectivity index (χ0n) is 19.3. The van der Waals surface area contributed by atoms with Crippen LogP contribution in [0.1, 0.15) is 16.1 Å². The predicted molar refractivity (Wildman–Crippen MR) is 138 cm³/mol. The Hall–Kier alpha value is -3.96. The zero-order valence-corrected chi connectivity index (χ0v) is 20.8. The second-order valence-corrected chi connectivity index (χ2v) is 9.69. The molecule has 1 amide bonds. The summed E-state index contributed by atoms with van der Waals surface area (Å²) in [6.07, 6.45) is 3.22. The van der Waals surface area contributed by atoms with Crippen LogP contribution in [0.3, 0.4) is 0 Å². The molecular weight excluding hydrogens is 500 g/mol. The first-order valence-electron chi connectivity index (χ1n) is 11.4. The van der Waals surface area contributed by atoms with Crippen LogP contribution in [0.2, 0.25) is 5.02 Å². The van der Waals surface area contributed by atoms with Gasteiger partial charge in [-0.25, -0.2) is 14.2 Å². The number of benzene rings is 1. The molecule has 0 spiro atoms. The number of aromatic amines is 1. The fourth-order valence-electron chi connectivity index (χ4n) is 4.33. The van der Waals surface area contributed by atoms with E-state index < -0.39 is 0 Å². The number of rotatable bonds is 4. The van der Waals surface area contributed by atoms with Gasteiger partial charge in [-0.1, -0.05) is 29.8 Å². The molecule has 1 aromatic carbocycles. The van der Waals surface area contributed by atoms with Crippen LogP contribution in [-0.2, 0) is 0 Å². The molecule has 182 valence electrons. The Balaban J connectivity index is 1.16. The lowest BCUT2D eigenvalue weighted by Gasteiger charge is -2.34. The van der Waals surface area contributed by atoms with Crippen molar-refractivity contribution in [1.29, 1.82) is 0 Å². The van der Waals surface area contributed by atoms with Gasteiger partial charge in [-0.2, -0.15) is 5.10 Å². The minimum Gasteiger partial charge on any atom is -0.345 e. The molecule has 5 heterocycles. The monoisotopic (exact) mass is 520 g/mol. The quantitative estimate of drug-likeness (QED) is 0.390. The SMILES string of the molecule is Cc1c(C(=O)N2CCN(c3nc(-c4ccccc4Cl)cs3)CC2)cnn1-c1nn2cccc2c(=O)[nH]1. The smallest absolute Gasteiger partial charge is 0.276 e. The molecule has 0 radical (unpaired) electrons. The van der Waals surface area contributed by atoms with Crippen molar-refractivity contribution in [1.82, 2.24) is 34.3 Å². The van der Waals surface area contributed by atoms with E-state index in [9.17, 15) is 9.59 Å². The molecule has 36 heavy (non-hydrogen) atoms. The molecule has 10 nitrogen and oxygen atoms in total. The van der Waals surface area contributed by atoms with Crippen molar-refractivity contribution < 1.29 is 4.79 Å². The Morgan fingerprint density at radius 1 is 1.11 bits per heavy atom. The summed E-state index contributed by atoms with van der Waals surface area (Å²) in [6.45, 7) is 4.27. The van der Waals surface area contributed by atoms with Crippen LogP contribution in [0.5, 0.6) is 0 Å². The summed E-state index contributed by atoms with van der Waals surface area (Å²) in [5.74, 6) is 0.154. The zero-order chi connectivity index (χ0) is 24.8. The number of hydrogen-bond donors (Lipinski definition) is 1. The number of piperazine rings is 1. The van der Waals surface area contributed by atoms with Gasteiger partial charge in [-0.05, 0) is 25.1 Å². The van der Waals surface area contributed by atoms with Crippen molar-refractivity contribution in [3.8, 4) is 17.2 Å². The first kappa shape index (κ1) is 22.5. The maximum absolute atomic E-state index is 13.3. The molecule has 4 aromatic heterocycles. The number of aromatic nitrogens is 6. The van der Waals surface area contributed by atoms with E-state index in [0.29, 0.717) is 48.0 Å². The van der Waals surface area contributed by atoms with Gasteiger partial charge in [0.05, 0.1) is 23.1 Å². The van der Waals surface area contributed by atoms with Gasteiger partial charge in [0.15, 0.2) is 5.13 Å². The van der Waals surface area contributed by atoms with Crippen molar-refractivity contribution in [2.45, 2.75) is 6.92 Å². The molecule has 1 aliphatic heterocycles. The van der Waals surface area contributed by atoms with Crippen LogP contribution in [-0.4, -0.2) is 66.3 Å². The number of carbonyl (C=O) groups is 1. The predicted octanol–water partition coefficient (Wildman–Crippen LogP) is 3.26. The van der Waals surface area contributed by atoms with Gasteiger partial charge in [0, 0.05) is 48.3 Å². The van der Waals surface area contributed by atoms with Gasteiger partial charge in [-0.3, -0.25) is 14.6 Å². The Morgan fingerprint density at radius 2 is 1.92 bits per heavy atom. The number of hydrogen-bond acceptors (Lipinski definition) is 7. The van der Waals surface area contributed by atoms with Crippen molar-refractivity contribution in [3.05, 3.63) is 80.8 Å². The highest BCUT2D eigenvalue weighted by atomic mass is 35.5. The lowest BCUT2D eigenvalue weighted by molar-refractivity contribution is 0.0746. The van der Waals surface area contributed by atoms with Crippen molar-refractivity contribution in [3.63, 3.8) is 0 Å². The van der Waals surface area contributed by atoms with Gasteiger partial charge in [0.2, 0.25) is 5.95 Å². The van der Waals surface area contributed by atoms with Crippen LogP contribution >= 0.6 is 22.9 Å². The topological polar surface area (TPSA) is 104 Å². The maximum Gasteiger partial charge on any atom is 0.276 e. The molecule has 0 atom stereocenters. The first-order valence-corrected chi connectivity index (χ1v) is 12.6. The fraction of sp³-hybridized carbons (Fsp3) is 0.208. The number of thiazole rings is 1. The van der Waals surface area contributed by atoms with Gasteiger partial charge in [0.25, 0.3) is 11.5 Å². The van der Waals surface area contributed by atoms with Gasteiger partial charge in [-0.15, -0.1) is 16.4 Å². The van der Waals surface area contributed by atoms with E-state index in [2.05, 4.69) is 20.1 Å². The molecule has 1 saturated heterocycles. The number of amides is 1. The summed E-state index contributed by atoms with van der Waals surface area (Å²) in [5, 5.41) is 12.3. The molecule has 6 rings (SSSR count). The van der Waals surface area contributed by atoms with E-state index in [0.717, 1.165) is 16.4 Å². The second kappa shape index (κ2) is 8.92. The van der Waals surface area contributed by atoms with Crippen LogP contribution < -0.4 is 10.5 Å². The standard InChI is InChI=1S/C24H21ClN8O2S/c1-15-17(13-26-33(15)23-28-21(34)20-7-4-8-32(20)29-23)22(35)30-9-11-31(12-10-30)24-27-19(14-36-24)16-5-2-3-6-18(16)25/h2-8,13-14H,9-12H2,1H3,(H,28,29,34). The third-order valence-electron chi connectivity index (χ3n) is 6.31. The summed E-state index contributed by atoms with van der Waals surface area (Å²) < 4.78 is 2.97. The molecule has 0 unspecified atom stereocenters. The fourth-order valence-corrected chi connectivity index (χ4v) is 5.45. The van der Waals surface area contributed by atoms with Crippen LogP contribution in [0.15, 0.2) is 59.0 Å². The van der Waals surface area contributed by atoms with Crippen LogP contribution in [0, 0.1) is 6.92 Å². The van der Waals surface area contributed by atoms with Crippen molar-refractivity contribution in [2.75, 3.05) is 31.1 Å². The Kier molecular flexibility index (Phi) is 5.57. The average molecular weight is 521 g/mol. The normalized spacial score (nSPS) is 14.1. The van der Waals surface area contributed by atoms with Gasteiger partial charge in [0.1, 0.15) is 5.52 Å². The minimum absolute atomic E-state index is 0.0984. The summed E-state index contributed by atoms with van der Waals surface area (Å²) in [6, 6.07) is 11.1. The molecule has 5 aromatic rings. The van der Waals surface area contributed by atoms with E-state index in [-0.39, 0.29) is 17.4 Å². The molecule has 1 N–H and O–H groups in total. The Morgan fingerprint density at radius 3 is 2.72 bits per heavy atom. The highest BCUT2D eigenvalue weighted by Crippen LogP contribution is 2.32. The van der Waals surface area contributed by atoms with Crippen molar-refractivity contribution in [2.24, 2.45) is 0 Å². The van der Waals surface area contributed by atoms with Crippen LogP contribution in [0.25, 0.3) is 22.7 Å². The van der Waals surface area contributed by atoms with E-state index in [1.165, 1.54) is 15.4 Å². The van der Waals surface area contributed by atoms with E-state index in [1.807, 2.05) is 34.5 Å². The van der Waals surface area contributed by atoms with Crippen molar-refractivity contribution >= 4 is 39.5 Å².